The maximum atomic E-state index is 2.58. The SMILES string of the molecule is CC.CSCCN1CCCCC1. The lowest BCUT2D eigenvalue weighted by Gasteiger charge is -2.25. The third-order valence-corrected chi connectivity index (χ3v) is 2.65. The van der Waals surface area contributed by atoms with Crippen LogP contribution < -0.4 is 0 Å². The molecule has 0 atom stereocenters. The van der Waals surface area contributed by atoms with Gasteiger partial charge in [0.2, 0.25) is 0 Å². The van der Waals surface area contributed by atoms with E-state index in [9.17, 15) is 0 Å². The lowest BCUT2D eigenvalue weighted by molar-refractivity contribution is 0.242. The molecule has 0 aromatic heterocycles. The second-order valence-corrected chi connectivity index (χ2v) is 3.88. The summed E-state index contributed by atoms with van der Waals surface area (Å²) in [6.07, 6.45) is 6.49. The van der Waals surface area contributed by atoms with Gasteiger partial charge in [0.15, 0.2) is 0 Å². The van der Waals surface area contributed by atoms with Gasteiger partial charge in [0.25, 0.3) is 0 Å². The largest absolute Gasteiger partial charge is 0.303 e. The van der Waals surface area contributed by atoms with Gasteiger partial charge in [-0.25, -0.2) is 0 Å². The van der Waals surface area contributed by atoms with Crippen LogP contribution in [-0.4, -0.2) is 36.5 Å². The van der Waals surface area contributed by atoms with Crippen LogP contribution in [0.25, 0.3) is 0 Å². The number of rotatable bonds is 3. The van der Waals surface area contributed by atoms with E-state index in [1.54, 1.807) is 0 Å². The van der Waals surface area contributed by atoms with Gasteiger partial charge < -0.3 is 4.90 Å². The number of nitrogens with zero attached hydrogens (tertiary/aromatic N) is 1. The average molecular weight is 189 g/mol. The van der Waals surface area contributed by atoms with Crippen molar-refractivity contribution in [3.8, 4) is 0 Å². The Morgan fingerprint density at radius 2 is 1.67 bits per heavy atom. The molecule has 0 N–H and O–H groups in total. The Morgan fingerprint density at radius 3 is 2.17 bits per heavy atom. The van der Waals surface area contributed by atoms with E-state index < -0.39 is 0 Å². The first-order valence-corrected chi connectivity index (χ1v) is 6.54. The van der Waals surface area contributed by atoms with Gasteiger partial charge in [0, 0.05) is 12.3 Å². The fourth-order valence-corrected chi connectivity index (χ4v) is 1.84. The molecule has 2 heteroatoms. The van der Waals surface area contributed by atoms with Gasteiger partial charge in [-0.2, -0.15) is 11.8 Å². The standard InChI is InChI=1S/C8H17NS.C2H6/c1-10-8-7-9-5-3-2-4-6-9;1-2/h2-8H2,1H3;1-2H3. The Labute approximate surface area is 81.9 Å². The molecule has 0 spiro atoms. The van der Waals surface area contributed by atoms with E-state index in [1.165, 1.54) is 44.6 Å². The molecule has 0 aromatic rings. The van der Waals surface area contributed by atoms with E-state index in [0.717, 1.165) is 0 Å². The molecule has 1 aliphatic heterocycles. The van der Waals surface area contributed by atoms with Crippen LogP contribution in [0.5, 0.6) is 0 Å². The molecule has 1 rings (SSSR count). The van der Waals surface area contributed by atoms with Crippen molar-refractivity contribution in [2.45, 2.75) is 33.1 Å². The number of piperidine rings is 1. The lowest BCUT2D eigenvalue weighted by atomic mass is 10.1. The van der Waals surface area contributed by atoms with E-state index in [4.69, 9.17) is 0 Å². The third-order valence-electron chi connectivity index (χ3n) is 2.06. The minimum Gasteiger partial charge on any atom is -0.303 e. The van der Waals surface area contributed by atoms with Crippen LogP contribution in [0.4, 0.5) is 0 Å². The summed E-state index contributed by atoms with van der Waals surface area (Å²) in [4.78, 5) is 2.58. The minimum absolute atomic E-state index is 1.31. The van der Waals surface area contributed by atoms with E-state index in [0.29, 0.717) is 0 Å². The Bertz CT molecular complexity index is 79.9. The Kier molecular flexibility index (Phi) is 9.64. The van der Waals surface area contributed by atoms with Gasteiger partial charge in [-0.05, 0) is 32.2 Å². The van der Waals surface area contributed by atoms with Gasteiger partial charge >= 0.3 is 0 Å². The summed E-state index contributed by atoms with van der Waals surface area (Å²) in [5.41, 5.74) is 0. The molecule has 0 unspecified atom stereocenters. The highest BCUT2D eigenvalue weighted by Gasteiger charge is 2.07. The van der Waals surface area contributed by atoms with Crippen LogP contribution in [0.15, 0.2) is 0 Å². The van der Waals surface area contributed by atoms with Gasteiger partial charge in [-0.1, -0.05) is 20.3 Å². The summed E-state index contributed by atoms with van der Waals surface area (Å²) >= 11 is 1.95. The number of hydrogen-bond acceptors (Lipinski definition) is 2. The zero-order chi connectivity index (χ0) is 9.23. The maximum Gasteiger partial charge on any atom is 0.00722 e. The second-order valence-electron chi connectivity index (χ2n) is 2.90. The molecular formula is C10H23NS. The van der Waals surface area contributed by atoms with E-state index in [-0.39, 0.29) is 0 Å². The summed E-state index contributed by atoms with van der Waals surface area (Å²) in [5, 5.41) is 0. The van der Waals surface area contributed by atoms with Crippen molar-refractivity contribution in [1.29, 1.82) is 0 Å². The first kappa shape index (κ1) is 12.3. The third kappa shape index (κ3) is 5.90. The summed E-state index contributed by atoms with van der Waals surface area (Å²) in [5.74, 6) is 1.31. The van der Waals surface area contributed by atoms with Gasteiger partial charge in [0.1, 0.15) is 0 Å². The molecule has 0 bridgehead atoms. The van der Waals surface area contributed by atoms with Crippen molar-refractivity contribution in [2.24, 2.45) is 0 Å². The summed E-state index contributed by atoms with van der Waals surface area (Å²) in [7, 11) is 0. The molecule has 0 aliphatic carbocycles. The normalized spacial score (nSPS) is 18.2. The smallest absolute Gasteiger partial charge is 0.00722 e. The van der Waals surface area contributed by atoms with Crippen molar-refractivity contribution in [3.05, 3.63) is 0 Å². The molecule has 1 saturated heterocycles. The molecule has 74 valence electrons. The monoisotopic (exact) mass is 189 g/mol. The highest BCUT2D eigenvalue weighted by molar-refractivity contribution is 7.98. The zero-order valence-electron chi connectivity index (χ0n) is 8.81. The molecule has 1 nitrogen and oxygen atoms in total. The van der Waals surface area contributed by atoms with Gasteiger partial charge in [-0.3, -0.25) is 0 Å². The van der Waals surface area contributed by atoms with Gasteiger partial charge in [0.05, 0.1) is 0 Å². The maximum absolute atomic E-state index is 2.58. The van der Waals surface area contributed by atoms with Crippen LogP contribution in [0, 0.1) is 0 Å². The molecule has 1 heterocycles. The molecule has 0 saturated carbocycles. The number of thioether (sulfide) groups is 1. The van der Waals surface area contributed by atoms with Crippen LogP contribution in [0.1, 0.15) is 33.1 Å². The molecule has 1 aliphatic rings. The van der Waals surface area contributed by atoms with Crippen LogP contribution in [0.3, 0.4) is 0 Å². The van der Waals surface area contributed by atoms with Crippen molar-refractivity contribution < 1.29 is 0 Å². The Hall–Kier alpha value is 0.310. The topological polar surface area (TPSA) is 3.24 Å². The Balaban J connectivity index is 0.000000561. The summed E-state index contributed by atoms with van der Waals surface area (Å²) in [6.45, 7) is 8.00. The molecule has 1 fully saturated rings. The first-order chi connectivity index (χ1) is 5.93. The van der Waals surface area contributed by atoms with E-state index in [1.807, 2.05) is 25.6 Å². The fourth-order valence-electron chi connectivity index (χ4n) is 1.40. The van der Waals surface area contributed by atoms with Crippen LogP contribution in [0.2, 0.25) is 0 Å². The molecule has 0 amide bonds. The first-order valence-electron chi connectivity index (χ1n) is 5.15. The van der Waals surface area contributed by atoms with Gasteiger partial charge in [-0.15, -0.1) is 0 Å². The number of hydrogen-bond donors (Lipinski definition) is 0. The predicted molar refractivity (Wildman–Crippen MR) is 60.0 cm³/mol. The Morgan fingerprint density at radius 1 is 1.08 bits per heavy atom. The minimum atomic E-state index is 1.31. The zero-order valence-corrected chi connectivity index (χ0v) is 9.62. The van der Waals surface area contributed by atoms with Crippen molar-refractivity contribution >= 4 is 11.8 Å². The van der Waals surface area contributed by atoms with Crippen molar-refractivity contribution in [2.75, 3.05) is 31.6 Å². The predicted octanol–water partition coefficient (Wildman–Crippen LogP) is 2.86. The summed E-state index contributed by atoms with van der Waals surface area (Å²) < 4.78 is 0. The highest BCUT2D eigenvalue weighted by atomic mass is 32.2. The van der Waals surface area contributed by atoms with E-state index >= 15 is 0 Å². The van der Waals surface area contributed by atoms with Crippen LogP contribution >= 0.6 is 11.8 Å². The lowest BCUT2D eigenvalue weighted by Crippen LogP contribution is -2.31. The number of likely N-dealkylation sites (tertiary alicyclic amines) is 1. The average Bonchev–Trinajstić information content (AvgIpc) is 2.19. The molecule has 0 radical (unpaired) electrons. The quantitative estimate of drug-likeness (QED) is 0.671. The molecule has 12 heavy (non-hydrogen) atoms. The molecule has 0 aromatic carbocycles. The summed E-state index contributed by atoms with van der Waals surface area (Å²) in [6, 6.07) is 0. The van der Waals surface area contributed by atoms with Crippen molar-refractivity contribution in [1.82, 2.24) is 4.90 Å². The van der Waals surface area contributed by atoms with Crippen molar-refractivity contribution in [3.63, 3.8) is 0 Å². The molecular weight excluding hydrogens is 166 g/mol. The second kappa shape index (κ2) is 9.40. The van der Waals surface area contributed by atoms with Crippen LogP contribution in [-0.2, 0) is 0 Å². The highest BCUT2D eigenvalue weighted by Crippen LogP contribution is 2.08. The fraction of sp³-hybridized carbons (Fsp3) is 1.00. The van der Waals surface area contributed by atoms with E-state index in [2.05, 4.69) is 11.2 Å².